The molecule has 1 aliphatic heterocycles. The molecule has 68 valence electrons. The number of hydrogen-bond acceptors (Lipinski definition) is 4. The Hall–Kier alpha value is -0.590. The SMILES string of the molecule is O=S1(=O)NC(=S)Sc2ccccc21. The zero-order valence-corrected chi connectivity index (χ0v) is 8.80. The van der Waals surface area contributed by atoms with E-state index in [1.54, 1.807) is 24.3 Å². The molecule has 0 bridgehead atoms. The summed E-state index contributed by atoms with van der Waals surface area (Å²) >= 11 is 6.06. The summed E-state index contributed by atoms with van der Waals surface area (Å²) in [5.41, 5.74) is 0. The van der Waals surface area contributed by atoms with Gasteiger partial charge in [-0.15, -0.1) is 0 Å². The monoisotopic (exact) mass is 231 g/mol. The summed E-state index contributed by atoms with van der Waals surface area (Å²) in [4.78, 5) is 0.986. The lowest BCUT2D eigenvalue weighted by molar-refractivity contribution is 0.590. The van der Waals surface area contributed by atoms with E-state index < -0.39 is 10.0 Å². The van der Waals surface area contributed by atoms with E-state index in [4.69, 9.17) is 12.2 Å². The number of sulfonamides is 1. The average molecular weight is 231 g/mol. The van der Waals surface area contributed by atoms with Crippen LogP contribution >= 0.6 is 24.0 Å². The van der Waals surface area contributed by atoms with Gasteiger partial charge in [0, 0.05) is 4.90 Å². The van der Waals surface area contributed by atoms with Crippen molar-refractivity contribution in [2.75, 3.05) is 0 Å². The zero-order chi connectivity index (χ0) is 9.47. The molecule has 1 aromatic carbocycles. The maximum atomic E-state index is 11.5. The lowest BCUT2D eigenvalue weighted by atomic mass is 10.4. The molecule has 0 saturated heterocycles. The van der Waals surface area contributed by atoms with Gasteiger partial charge in [0.05, 0.1) is 0 Å². The normalized spacial score (nSPS) is 18.9. The van der Waals surface area contributed by atoms with Gasteiger partial charge in [0.1, 0.15) is 4.90 Å². The van der Waals surface area contributed by atoms with Gasteiger partial charge in [-0.25, -0.2) is 8.42 Å². The van der Waals surface area contributed by atoms with Gasteiger partial charge < -0.3 is 0 Å². The zero-order valence-electron chi connectivity index (χ0n) is 6.35. The fourth-order valence-corrected chi connectivity index (χ4v) is 4.03. The second-order valence-electron chi connectivity index (χ2n) is 2.44. The van der Waals surface area contributed by atoms with Gasteiger partial charge in [0.2, 0.25) is 0 Å². The quantitative estimate of drug-likeness (QED) is 0.685. The fraction of sp³-hybridized carbons (Fsp3) is 0. The van der Waals surface area contributed by atoms with Crippen molar-refractivity contribution in [2.45, 2.75) is 9.79 Å². The van der Waals surface area contributed by atoms with Crippen LogP contribution in [-0.4, -0.2) is 12.7 Å². The Kier molecular flexibility index (Phi) is 2.05. The van der Waals surface area contributed by atoms with Crippen LogP contribution in [0.2, 0.25) is 0 Å². The van der Waals surface area contributed by atoms with Gasteiger partial charge in [0.15, 0.2) is 4.32 Å². The van der Waals surface area contributed by atoms with Gasteiger partial charge in [-0.3, -0.25) is 4.72 Å². The first kappa shape index (κ1) is 8.98. The van der Waals surface area contributed by atoms with Crippen LogP contribution in [0.1, 0.15) is 0 Å². The minimum absolute atomic E-state index is 0.277. The molecule has 0 spiro atoms. The Morgan fingerprint density at radius 3 is 2.77 bits per heavy atom. The number of fused-ring (bicyclic) bond motifs is 1. The molecule has 2 rings (SSSR count). The lowest BCUT2D eigenvalue weighted by Gasteiger charge is -2.17. The van der Waals surface area contributed by atoms with Crippen molar-refractivity contribution in [3.63, 3.8) is 0 Å². The molecular formula is C7H5NO2S3. The second-order valence-corrected chi connectivity index (χ2v) is 5.81. The molecule has 13 heavy (non-hydrogen) atoms. The standard InChI is InChI=1S/C7H5NO2S3/c9-13(10)6-4-2-1-3-5(6)12-7(11)8-13/h1-4H,(H,8,11). The molecule has 0 aromatic heterocycles. The first-order chi connectivity index (χ1) is 6.09. The maximum absolute atomic E-state index is 11.5. The third kappa shape index (κ3) is 1.56. The van der Waals surface area contributed by atoms with E-state index in [0.29, 0.717) is 9.79 Å². The minimum atomic E-state index is -3.40. The van der Waals surface area contributed by atoms with E-state index in [1.807, 2.05) is 0 Å². The number of hydrogen-bond donors (Lipinski definition) is 1. The molecule has 6 heteroatoms. The van der Waals surface area contributed by atoms with Gasteiger partial charge >= 0.3 is 0 Å². The van der Waals surface area contributed by atoms with Crippen LogP contribution in [-0.2, 0) is 10.0 Å². The van der Waals surface area contributed by atoms with Crippen molar-refractivity contribution < 1.29 is 8.42 Å². The van der Waals surface area contributed by atoms with E-state index in [-0.39, 0.29) is 4.32 Å². The van der Waals surface area contributed by atoms with Crippen LogP contribution in [0.4, 0.5) is 0 Å². The van der Waals surface area contributed by atoms with Crippen molar-refractivity contribution in [3.8, 4) is 0 Å². The molecule has 0 saturated carbocycles. The van der Waals surface area contributed by atoms with Crippen molar-refractivity contribution in [1.82, 2.24) is 4.72 Å². The Morgan fingerprint density at radius 2 is 2.00 bits per heavy atom. The summed E-state index contributed by atoms with van der Waals surface area (Å²) in [5, 5.41) is 0. The minimum Gasteiger partial charge on any atom is -0.264 e. The fourth-order valence-electron chi connectivity index (χ4n) is 1.04. The highest BCUT2D eigenvalue weighted by atomic mass is 32.2. The second kappa shape index (κ2) is 2.97. The first-order valence-electron chi connectivity index (χ1n) is 3.43. The van der Waals surface area contributed by atoms with Crippen molar-refractivity contribution >= 4 is 38.3 Å². The Morgan fingerprint density at radius 1 is 1.31 bits per heavy atom. The lowest BCUT2D eigenvalue weighted by Crippen LogP contribution is -2.30. The predicted molar refractivity (Wildman–Crippen MR) is 55.2 cm³/mol. The molecule has 0 atom stereocenters. The number of benzene rings is 1. The van der Waals surface area contributed by atoms with Crippen LogP contribution in [0.5, 0.6) is 0 Å². The molecule has 1 heterocycles. The van der Waals surface area contributed by atoms with E-state index in [0.717, 1.165) is 0 Å². The van der Waals surface area contributed by atoms with E-state index in [9.17, 15) is 8.42 Å². The summed E-state index contributed by atoms with van der Waals surface area (Å²) in [6.07, 6.45) is 0. The predicted octanol–water partition coefficient (Wildman–Crippen LogP) is 1.36. The van der Waals surface area contributed by atoms with Crippen molar-refractivity contribution in [1.29, 1.82) is 0 Å². The molecule has 0 amide bonds. The molecule has 1 N–H and O–H groups in total. The third-order valence-electron chi connectivity index (χ3n) is 1.56. The summed E-state index contributed by atoms with van der Waals surface area (Å²) in [5.74, 6) is 0. The molecular weight excluding hydrogens is 226 g/mol. The van der Waals surface area contributed by atoms with E-state index >= 15 is 0 Å². The Bertz CT molecular complexity index is 466. The van der Waals surface area contributed by atoms with Crippen LogP contribution < -0.4 is 4.72 Å². The Balaban J connectivity index is 2.70. The summed E-state index contributed by atoms with van der Waals surface area (Å²) in [7, 11) is -3.40. The number of rotatable bonds is 0. The Labute approximate surface area is 85.6 Å². The van der Waals surface area contributed by atoms with Crippen molar-refractivity contribution in [2.24, 2.45) is 0 Å². The number of thioether (sulfide) groups is 1. The average Bonchev–Trinajstić information content (AvgIpc) is 2.02. The van der Waals surface area contributed by atoms with E-state index in [1.165, 1.54) is 11.8 Å². The summed E-state index contributed by atoms with van der Waals surface area (Å²) in [6.45, 7) is 0. The molecule has 0 unspecified atom stereocenters. The highest BCUT2D eigenvalue weighted by molar-refractivity contribution is 8.24. The molecule has 0 fully saturated rings. The molecule has 0 aliphatic carbocycles. The maximum Gasteiger partial charge on any atom is 0.264 e. The highest BCUT2D eigenvalue weighted by Gasteiger charge is 2.25. The topological polar surface area (TPSA) is 46.2 Å². The molecule has 1 aromatic rings. The number of thiocarbonyl (C=S) groups is 1. The van der Waals surface area contributed by atoms with Gasteiger partial charge in [-0.05, 0) is 12.1 Å². The number of nitrogens with one attached hydrogen (secondary N) is 1. The third-order valence-corrected chi connectivity index (χ3v) is 4.57. The molecule has 1 aliphatic rings. The van der Waals surface area contributed by atoms with Crippen molar-refractivity contribution in [3.05, 3.63) is 24.3 Å². The van der Waals surface area contributed by atoms with Crippen LogP contribution in [0.25, 0.3) is 0 Å². The van der Waals surface area contributed by atoms with Gasteiger partial charge in [0.25, 0.3) is 10.0 Å². The van der Waals surface area contributed by atoms with Crippen LogP contribution in [0.3, 0.4) is 0 Å². The molecule has 0 radical (unpaired) electrons. The highest BCUT2D eigenvalue weighted by Crippen LogP contribution is 2.31. The van der Waals surface area contributed by atoms with Gasteiger partial charge in [-0.1, -0.05) is 36.1 Å². The van der Waals surface area contributed by atoms with Gasteiger partial charge in [-0.2, -0.15) is 0 Å². The summed E-state index contributed by atoms with van der Waals surface area (Å²) in [6, 6.07) is 6.78. The smallest absolute Gasteiger partial charge is 0.264 e. The van der Waals surface area contributed by atoms with Crippen LogP contribution in [0, 0.1) is 0 Å². The van der Waals surface area contributed by atoms with Crippen LogP contribution in [0.15, 0.2) is 34.1 Å². The van der Waals surface area contributed by atoms with E-state index in [2.05, 4.69) is 4.72 Å². The largest absolute Gasteiger partial charge is 0.264 e. The molecule has 3 nitrogen and oxygen atoms in total. The summed E-state index contributed by atoms with van der Waals surface area (Å²) < 4.78 is 25.5. The first-order valence-corrected chi connectivity index (χ1v) is 6.14.